The minimum atomic E-state index is -0.255. The summed E-state index contributed by atoms with van der Waals surface area (Å²) in [6.45, 7) is 6.31. The third kappa shape index (κ3) is 4.08. The van der Waals surface area contributed by atoms with Crippen LogP contribution in [0.5, 0.6) is 0 Å². The quantitative estimate of drug-likeness (QED) is 0.892. The second-order valence-corrected chi connectivity index (χ2v) is 5.34. The van der Waals surface area contributed by atoms with Crippen LogP contribution in [-0.4, -0.2) is 35.6 Å². The zero-order valence-corrected chi connectivity index (χ0v) is 13.4. The fourth-order valence-corrected chi connectivity index (χ4v) is 2.29. The second-order valence-electron chi connectivity index (χ2n) is 5.34. The van der Waals surface area contributed by atoms with Gasteiger partial charge in [-0.05, 0) is 45.0 Å². The average molecular weight is 302 g/mol. The first kappa shape index (κ1) is 16.0. The number of anilines is 1. The van der Waals surface area contributed by atoms with E-state index in [1.165, 1.54) is 0 Å². The number of nitrogens with one attached hydrogen (secondary N) is 2. The topological polar surface area (TPSA) is 68.2 Å². The highest BCUT2D eigenvalue weighted by Crippen LogP contribution is 2.16. The number of amides is 2. The van der Waals surface area contributed by atoms with E-state index in [1.54, 1.807) is 7.11 Å². The third-order valence-corrected chi connectivity index (χ3v) is 3.15. The van der Waals surface area contributed by atoms with Gasteiger partial charge in [-0.25, -0.2) is 9.48 Å². The largest absolute Gasteiger partial charge is 0.383 e. The lowest BCUT2D eigenvalue weighted by Gasteiger charge is -2.14. The van der Waals surface area contributed by atoms with Crippen molar-refractivity contribution in [2.75, 3.05) is 19.0 Å². The predicted molar refractivity (Wildman–Crippen MR) is 86.5 cm³/mol. The zero-order valence-electron chi connectivity index (χ0n) is 13.4. The summed E-state index contributed by atoms with van der Waals surface area (Å²) in [6, 6.07) is 9.28. The van der Waals surface area contributed by atoms with E-state index in [-0.39, 0.29) is 12.1 Å². The molecule has 2 rings (SSSR count). The fourth-order valence-electron chi connectivity index (χ4n) is 2.29. The summed E-state index contributed by atoms with van der Waals surface area (Å²) in [5, 5.41) is 10.1. The number of carbonyl (C=O) groups excluding carboxylic acids is 1. The van der Waals surface area contributed by atoms with Crippen LogP contribution < -0.4 is 10.6 Å². The number of urea groups is 1. The van der Waals surface area contributed by atoms with Crippen molar-refractivity contribution in [1.29, 1.82) is 0 Å². The molecule has 0 saturated heterocycles. The van der Waals surface area contributed by atoms with Gasteiger partial charge in [0.05, 0.1) is 24.0 Å². The van der Waals surface area contributed by atoms with E-state index in [0.29, 0.717) is 12.3 Å². The molecule has 2 aromatic rings. The van der Waals surface area contributed by atoms with Crippen molar-refractivity contribution in [2.45, 2.75) is 26.8 Å². The Morgan fingerprint density at radius 2 is 2.14 bits per heavy atom. The number of ether oxygens (including phenoxy) is 1. The van der Waals surface area contributed by atoms with Gasteiger partial charge in [0.2, 0.25) is 0 Å². The molecule has 0 saturated carbocycles. The van der Waals surface area contributed by atoms with Crippen molar-refractivity contribution >= 4 is 11.7 Å². The summed E-state index contributed by atoms with van der Waals surface area (Å²) in [6.07, 6.45) is 0. The average Bonchev–Trinajstić information content (AvgIpc) is 2.78. The van der Waals surface area contributed by atoms with E-state index in [2.05, 4.69) is 15.7 Å². The molecule has 2 N–H and O–H groups in total. The third-order valence-electron chi connectivity index (χ3n) is 3.15. The number of hydrogen-bond acceptors (Lipinski definition) is 3. The number of benzene rings is 1. The second kappa shape index (κ2) is 7.09. The van der Waals surface area contributed by atoms with Crippen LogP contribution in [-0.2, 0) is 4.74 Å². The minimum absolute atomic E-state index is 0.0517. The molecule has 2 amide bonds. The number of methoxy groups -OCH3 is 1. The van der Waals surface area contributed by atoms with E-state index in [1.807, 2.05) is 55.8 Å². The van der Waals surface area contributed by atoms with Gasteiger partial charge in [-0.2, -0.15) is 5.10 Å². The number of nitrogens with zero attached hydrogens (tertiary/aromatic N) is 2. The highest BCUT2D eigenvalue weighted by atomic mass is 16.5. The molecule has 1 aromatic carbocycles. The van der Waals surface area contributed by atoms with Crippen LogP contribution in [0.4, 0.5) is 10.5 Å². The molecule has 0 fully saturated rings. The van der Waals surface area contributed by atoms with E-state index in [9.17, 15) is 4.79 Å². The molecule has 0 aliphatic rings. The Morgan fingerprint density at radius 1 is 1.36 bits per heavy atom. The molecule has 1 heterocycles. The van der Waals surface area contributed by atoms with Gasteiger partial charge in [-0.1, -0.05) is 6.07 Å². The Balaban J connectivity index is 2.09. The number of hydrogen-bond donors (Lipinski definition) is 2. The summed E-state index contributed by atoms with van der Waals surface area (Å²) in [4.78, 5) is 11.9. The summed E-state index contributed by atoms with van der Waals surface area (Å²) in [5.74, 6) is 0. The molecule has 1 aromatic heterocycles. The van der Waals surface area contributed by atoms with Gasteiger partial charge in [0, 0.05) is 18.5 Å². The summed E-state index contributed by atoms with van der Waals surface area (Å²) >= 11 is 0. The lowest BCUT2D eigenvalue weighted by atomic mass is 10.2. The van der Waals surface area contributed by atoms with Gasteiger partial charge in [0.1, 0.15) is 0 Å². The van der Waals surface area contributed by atoms with Crippen LogP contribution in [0.15, 0.2) is 30.3 Å². The number of aromatic nitrogens is 2. The smallest absolute Gasteiger partial charge is 0.319 e. The van der Waals surface area contributed by atoms with Gasteiger partial charge in [-0.15, -0.1) is 0 Å². The molecule has 6 heteroatoms. The molecule has 1 atom stereocenters. The molecule has 22 heavy (non-hydrogen) atoms. The van der Waals surface area contributed by atoms with E-state index < -0.39 is 0 Å². The van der Waals surface area contributed by atoms with Crippen molar-refractivity contribution in [3.05, 3.63) is 41.7 Å². The molecule has 0 bridgehead atoms. The molecule has 1 unspecified atom stereocenters. The van der Waals surface area contributed by atoms with Crippen molar-refractivity contribution in [3.63, 3.8) is 0 Å². The van der Waals surface area contributed by atoms with Gasteiger partial charge in [0.15, 0.2) is 0 Å². The molecule has 118 valence electrons. The van der Waals surface area contributed by atoms with Gasteiger partial charge < -0.3 is 15.4 Å². The zero-order chi connectivity index (χ0) is 16.1. The Labute approximate surface area is 130 Å². The van der Waals surface area contributed by atoms with Crippen LogP contribution in [0.3, 0.4) is 0 Å². The molecule has 0 aliphatic carbocycles. The normalized spacial score (nSPS) is 12.0. The summed E-state index contributed by atoms with van der Waals surface area (Å²) in [7, 11) is 1.61. The van der Waals surface area contributed by atoms with Crippen molar-refractivity contribution in [1.82, 2.24) is 15.1 Å². The Morgan fingerprint density at radius 3 is 2.77 bits per heavy atom. The molecule has 0 aliphatic heterocycles. The molecule has 0 spiro atoms. The highest BCUT2D eigenvalue weighted by molar-refractivity contribution is 5.89. The SMILES string of the molecule is COCC(C)NC(=O)Nc1cccc(-n2nc(C)cc2C)c1. The highest BCUT2D eigenvalue weighted by Gasteiger charge is 2.08. The van der Waals surface area contributed by atoms with E-state index in [0.717, 1.165) is 17.1 Å². The summed E-state index contributed by atoms with van der Waals surface area (Å²) < 4.78 is 6.85. The monoisotopic (exact) mass is 302 g/mol. The van der Waals surface area contributed by atoms with E-state index >= 15 is 0 Å². The standard InChI is InChI=1S/C16H22N4O2/c1-11-8-13(3)20(19-11)15-7-5-6-14(9-15)18-16(21)17-12(2)10-22-4/h5-9,12H,10H2,1-4H3,(H2,17,18,21). The van der Waals surface area contributed by atoms with Crippen LogP contribution in [0.25, 0.3) is 5.69 Å². The predicted octanol–water partition coefficient (Wildman–Crippen LogP) is 2.65. The first-order valence-corrected chi connectivity index (χ1v) is 7.19. The summed E-state index contributed by atoms with van der Waals surface area (Å²) in [5.41, 5.74) is 3.63. The minimum Gasteiger partial charge on any atom is -0.383 e. The van der Waals surface area contributed by atoms with Crippen LogP contribution in [0.2, 0.25) is 0 Å². The van der Waals surface area contributed by atoms with Gasteiger partial charge in [0.25, 0.3) is 0 Å². The van der Waals surface area contributed by atoms with Crippen molar-refractivity contribution in [2.24, 2.45) is 0 Å². The van der Waals surface area contributed by atoms with Crippen molar-refractivity contribution in [3.8, 4) is 5.69 Å². The lowest BCUT2D eigenvalue weighted by Crippen LogP contribution is -2.38. The number of carbonyl (C=O) groups is 1. The first-order valence-electron chi connectivity index (χ1n) is 7.19. The van der Waals surface area contributed by atoms with Crippen LogP contribution >= 0.6 is 0 Å². The van der Waals surface area contributed by atoms with E-state index in [4.69, 9.17) is 4.74 Å². The van der Waals surface area contributed by atoms with Crippen molar-refractivity contribution < 1.29 is 9.53 Å². The van der Waals surface area contributed by atoms with Gasteiger partial charge >= 0.3 is 6.03 Å². The Bertz CT molecular complexity index is 651. The number of rotatable bonds is 5. The maximum Gasteiger partial charge on any atom is 0.319 e. The Hall–Kier alpha value is -2.34. The lowest BCUT2D eigenvalue weighted by molar-refractivity contribution is 0.173. The molecular weight excluding hydrogens is 280 g/mol. The Kier molecular flexibility index (Phi) is 5.16. The molecule has 0 radical (unpaired) electrons. The van der Waals surface area contributed by atoms with Crippen LogP contribution in [0, 0.1) is 13.8 Å². The maximum atomic E-state index is 11.9. The first-order chi connectivity index (χ1) is 10.5. The van der Waals surface area contributed by atoms with Crippen LogP contribution in [0.1, 0.15) is 18.3 Å². The number of aryl methyl sites for hydroxylation is 2. The van der Waals surface area contributed by atoms with Gasteiger partial charge in [-0.3, -0.25) is 0 Å². The molecule has 6 nitrogen and oxygen atoms in total. The fraction of sp³-hybridized carbons (Fsp3) is 0.375. The maximum absolute atomic E-state index is 11.9. The molecular formula is C16H22N4O2.